The highest BCUT2D eigenvalue weighted by Gasteiger charge is 2.73. The van der Waals surface area contributed by atoms with Gasteiger partial charge in [0.15, 0.2) is 0 Å². The highest BCUT2D eigenvalue weighted by atomic mass is 32.2. The molecule has 0 fully saturated rings. The molecule has 0 spiro atoms. The second-order valence-electron chi connectivity index (χ2n) is 3.56. The Bertz CT molecular complexity index is 459. The monoisotopic (exact) mass is 321 g/mol. The molecule has 114 valence electrons. The van der Waals surface area contributed by atoms with Crippen LogP contribution in [0.1, 0.15) is 0 Å². The zero-order valence-corrected chi connectivity index (χ0v) is 10.7. The number of ether oxygens (including phenoxy) is 1. The van der Waals surface area contributed by atoms with Crippen LogP contribution < -0.4 is 4.72 Å². The number of hydrogen-bond donors (Lipinski definition) is 1. The Morgan fingerprint density at radius 1 is 1.00 bits per heavy atom. The topological polar surface area (TPSA) is 38.3 Å². The van der Waals surface area contributed by atoms with E-state index in [1.807, 2.05) is 0 Å². The molecular weight excluding hydrogens is 312 g/mol. The zero-order valence-electron chi connectivity index (χ0n) is 9.88. The van der Waals surface area contributed by atoms with Gasteiger partial charge < -0.3 is 4.74 Å². The van der Waals surface area contributed by atoms with Crippen LogP contribution in [0.2, 0.25) is 0 Å². The zero-order chi connectivity index (χ0) is 15.6. The van der Waals surface area contributed by atoms with Gasteiger partial charge in [-0.1, -0.05) is 18.2 Å². The first-order valence-corrected chi connectivity index (χ1v) is 6.13. The summed E-state index contributed by atoms with van der Waals surface area (Å²) < 4.78 is 92.4. The van der Waals surface area contributed by atoms with Crippen LogP contribution in [0.15, 0.2) is 35.2 Å². The number of hydrogen-bond acceptors (Lipinski definition) is 2. The van der Waals surface area contributed by atoms with Crippen molar-refractivity contribution >= 4 is 11.0 Å². The minimum Gasteiger partial charge on any atom is -0.348 e. The van der Waals surface area contributed by atoms with E-state index in [1.165, 1.54) is 18.2 Å². The maximum Gasteiger partial charge on any atom is 0.441 e. The van der Waals surface area contributed by atoms with E-state index in [4.69, 9.17) is 0 Å². The van der Waals surface area contributed by atoms with Gasteiger partial charge in [0.05, 0.1) is 4.90 Å². The van der Waals surface area contributed by atoms with E-state index in [0.717, 1.165) is 16.9 Å². The van der Waals surface area contributed by atoms with Crippen LogP contribution in [0, 0.1) is 0 Å². The molecule has 0 heterocycles. The third kappa shape index (κ3) is 3.13. The standard InChI is InChI=1S/C10H9F6NO2S/c1-19-8(9(11,12)13,10(14,15)16)17-20(18)7-5-3-2-4-6-7/h2-6,17H,1H3. The Morgan fingerprint density at radius 2 is 1.45 bits per heavy atom. The molecule has 0 aliphatic rings. The molecule has 0 saturated heterocycles. The van der Waals surface area contributed by atoms with Gasteiger partial charge in [-0.15, -0.1) is 0 Å². The van der Waals surface area contributed by atoms with Gasteiger partial charge in [0.2, 0.25) is 0 Å². The normalized spacial score (nSPS) is 15.2. The number of halogens is 6. The van der Waals surface area contributed by atoms with E-state index in [0.29, 0.717) is 0 Å². The molecule has 0 aliphatic carbocycles. The molecule has 0 radical (unpaired) electrons. The average Bonchev–Trinajstić information content (AvgIpc) is 2.33. The largest absolute Gasteiger partial charge is 0.441 e. The first-order valence-electron chi connectivity index (χ1n) is 4.98. The minimum absolute atomic E-state index is 0.232. The lowest BCUT2D eigenvalue weighted by Crippen LogP contribution is -2.67. The summed E-state index contributed by atoms with van der Waals surface area (Å²) in [6, 6.07) is 6.36. The molecular formula is C10H9F6NO2S. The molecule has 0 bridgehead atoms. The number of nitrogens with one attached hydrogen (secondary N) is 1. The molecule has 10 heteroatoms. The molecule has 1 aromatic carbocycles. The van der Waals surface area contributed by atoms with Crippen molar-refractivity contribution in [3.05, 3.63) is 30.3 Å². The summed E-state index contributed by atoms with van der Waals surface area (Å²) in [7, 11) is -2.53. The van der Waals surface area contributed by atoms with E-state index < -0.39 is 29.1 Å². The summed E-state index contributed by atoms with van der Waals surface area (Å²) in [6.45, 7) is 0. The smallest absolute Gasteiger partial charge is 0.348 e. The second kappa shape index (κ2) is 5.70. The molecule has 0 amide bonds. The lowest BCUT2D eigenvalue weighted by molar-refractivity contribution is -0.379. The number of methoxy groups -OCH3 is 1. The van der Waals surface area contributed by atoms with Crippen LogP contribution in [0.25, 0.3) is 0 Å². The van der Waals surface area contributed by atoms with Crippen LogP contribution in [-0.4, -0.2) is 29.4 Å². The first kappa shape index (κ1) is 16.9. The van der Waals surface area contributed by atoms with Crippen molar-refractivity contribution in [1.29, 1.82) is 0 Å². The van der Waals surface area contributed by atoms with Gasteiger partial charge in [-0.05, 0) is 12.1 Å². The van der Waals surface area contributed by atoms with E-state index >= 15 is 0 Å². The molecule has 0 saturated carbocycles. The molecule has 1 aromatic rings. The lowest BCUT2D eigenvalue weighted by Gasteiger charge is -2.35. The van der Waals surface area contributed by atoms with Crippen LogP contribution >= 0.6 is 0 Å². The fraction of sp³-hybridized carbons (Fsp3) is 0.400. The summed E-state index contributed by atoms with van der Waals surface area (Å²) in [5.41, 5.74) is -4.71. The predicted octanol–water partition coefficient (Wildman–Crippen LogP) is 2.77. The van der Waals surface area contributed by atoms with Crippen LogP contribution in [0.3, 0.4) is 0 Å². The minimum atomic E-state index is -5.84. The van der Waals surface area contributed by atoms with Gasteiger partial charge >= 0.3 is 18.1 Å². The van der Waals surface area contributed by atoms with Gasteiger partial charge in [0.25, 0.3) is 0 Å². The van der Waals surface area contributed by atoms with E-state index in [1.54, 1.807) is 0 Å². The molecule has 1 N–H and O–H groups in total. The fourth-order valence-corrected chi connectivity index (χ4v) is 2.38. The SMILES string of the molecule is COC(NS(=O)c1ccccc1)(C(F)(F)F)C(F)(F)F. The molecule has 3 nitrogen and oxygen atoms in total. The Hall–Kier alpha value is -1.13. The van der Waals surface area contributed by atoms with Gasteiger partial charge in [-0.25, -0.2) is 4.21 Å². The van der Waals surface area contributed by atoms with Crippen molar-refractivity contribution < 1.29 is 35.3 Å². The fourth-order valence-electron chi connectivity index (χ4n) is 1.28. The summed E-state index contributed by atoms with van der Waals surface area (Å²) >= 11 is 0. The molecule has 0 aromatic heterocycles. The highest BCUT2D eigenvalue weighted by molar-refractivity contribution is 7.83. The third-order valence-corrected chi connectivity index (χ3v) is 3.47. The molecule has 1 unspecified atom stereocenters. The summed E-state index contributed by atoms with van der Waals surface area (Å²) in [5, 5.41) is 0. The average molecular weight is 321 g/mol. The van der Waals surface area contributed by atoms with Crippen molar-refractivity contribution in [2.75, 3.05) is 7.11 Å². The van der Waals surface area contributed by atoms with Crippen molar-refractivity contribution in [3.63, 3.8) is 0 Å². The van der Waals surface area contributed by atoms with Crippen molar-refractivity contribution in [2.24, 2.45) is 0 Å². The van der Waals surface area contributed by atoms with Gasteiger partial charge in [-0.3, -0.25) is 0 Å². The quantitative estimate of drug-likeness (QED) is 0.684. The summed E-state index contributed by atoms with van der Waals surface area (Å²) in [4.78, 5) is -0.248. The second-order valence-corrected chi connectivity index (χ2v) is 4.78. The Labute approximate surface area is 112 Å². The lowest BCUT2D eigenvalue weighted by atomic mass is 10.2. The predicted molar refractivity (Wildman–Crippen MR) is 57.8 cm³/mol. The van der Waals surface area contributed by atoms with E-state index in [-0.39, 0.29) is 12.0 Å². The molecule has 1 rings (SSSR count). The van der Waals surface area contributed by atoms with Crippen LogP contribution in [-0.2, 0) is 15.7 Å². The van der Waals surface area contributed by atoms with Gasteiger partial charge in [-0.2, -0.15) is 31.1 Å². The van der Waals surface area contributed by atoms with E-state index in [2.05, 4.69) is 4.74 Å². The van der Waals surface area contributed by atoms with Gasteiger partial charge in [0, 0.05) is 7.11 Å². The van der Waals surface area contributed by atoms with Crippen molar-refractivity contribution in [3.8, 4) is 0 Å². The van der Waals surface area contributed by atoms with Crippen LogP contribution in [0.5, 0.6) is 0 Å². The molecule has 20 heavy (non-hydrogen) atoms. The maximum atomic E-state index is 12.7. The maximum absolute atomic E-state index is 12.7. The summed E-state index contributed by atoms with van der Waals surface area (Å²) in [5.74, 6) is 0. The van der Waals surface area contributed by atoms with Crippen molar-refractivity contribution in [2.45, 2.75) is 23.0 Å². The number of alkyl halides is 6. The van der Waals surface area contributed by atoms with Gasteiger partial charge in [0.1, 0.15) is 11.0 Å². The summed E-state index contributed by atoms with van der Waals surface area (Å²) in [6.07, 6.45) is -11.7. The first-order chi connectivity index (χ1) is 9.05. The van der Waals surface area contributed by atoms with E-state index in [9.17, 15) is 30.6 Å². The Kier molecular flexibility index (Phi) is 4.82. The number of benzene rings is 1. The van der Waals surface area contributed by atoms with Crippen LogP contribution in [0.4, 0.5) is 26.3 Å². The highest BCUT2D eigenvalue weighted by Crippen LogP contribution is 2.44. The third-order valence-electron chi connectivity index (χ3n) is 2.30. The Morgan fingerprint density at radius 3 is 1.80 bits per heavy atom. The molecule has 1 atom stereocenters. The number of rotatable bonds is 4. The Balaban J connectivity index is 3.18. The molecule has 0 aliphatic heterocycles. The van der Waals surface area contributed by atoms with Crippen molar-refractivity contribution in [1.82, 2.24) is 4.72 Å².